The first-order chi connectivity index (χ1) is 4.45. The van der Waals surface area contributed by atoms with Gasteiger partial charge in [0, 0.05) is 0 Å². The molecule has 0 unspecified atom stereocenters. The summed E-state index contributed by atoms with van der Waals surface area (Å²) in [5, 5.41) is 2.45. The third-order valence-electron chi connectivity index (χ3n) is 0.565. The normalized spacial score (nSPS) is 11.0. The van der Waals surface area contributed by atoms with Crippen molar-refractivity contribution < 1.29 is 17.4 Å². The summed E-state index contributed by atoms with van der Waals surface area (Å²) < 4.78 is 24.4. The minimum atomic E-state index is -3.64. The van der Waals surface area contributed by atoms with Crippen LogP contribution in [0.2, 0.25) is 0 Å². The molecule has 0 aliphatic rings. The van der Waals surface area contributed by atoms with Crippen LogP contribution in [0.1, 0.15) is 0 Å². The number of carbonyl (C=O) groups is 1. The van der Waals surface area contributed by atoms with Crippen molar-refractivity contribution in [3.05, 3.63) is 0 Å². The molecule has 10 heavy (non-hydrogen) atoms. The summed E-state index contributed by atoms with van der Waals surface area (Å²) >= 11 is 0. The minimum Gasteiger partial charge on any atom is -0.344 e. The van der Waals surface area contributed by atoms with Gasteiger partial charge in [-0.2, -0.15) is 8.42 Å². The van der Waals surface area contributed by atoms with E-state index < -0.39 is 16.1 Å². The van der Waals surface area contributed by atoms with Crippen LogP contribution >= 0.6 is 0 Å². The monoisotopic (exact) mass is 167 g/mol. The highest BCUT2D eigenvalue weighted by atomic mass is 32.2. The SMILES string of the molecule is CNCC(=O)OS(C)(=O)=O. The lowest BCUT2D eigenvalue weighted by Crippen LogP contribution is -2.23. The molecular weight excluding hydrogens is 158 g/mol. The zero-order chi connectivity index (χ0) is 8.20. The van der Waals surface area contributed by atoms with Gasteiger partial charge in [0.1, 0.15) is 0 Å². The Morgan fingerprint density at radius 2 is 2.10 bits per heavy atom. The van der Waals surface area contributed by atoms with Crippen molar-refractivity contribution in [2.75, 3.05) is 19.8 Å². The molecule has 0 rings (SSSR count). The van der Waals surface area contributed by atoms with Gasteiger partial charge in [-0.15, -0.1) is 0 Å². The van der Waals surface area contributed by atoms with Crippen LogP contribution in [0.5, 0.6) is 0 Å². The summed E-state index contributed by atoms with van der Waals surface area (Å²) in [6.07, 6.45) is 0.820. The lowest BCUT2D eigenvalue weighted by Gasteiger charge is -1.98. The van der Waals surface area contributed by atoms with Crippen molar-refractivity contribution in [2.24, 2.45) is 0 Å². The van der Waals surface area contributed by atoms with Crippen molar-refractivity contribution >= 4 is 16.1 Å². The maximum Gasteiger partial charge on any atom is 0.335 e. The predicted octanol–water partition coefficient (Wildman–Crippen LogP) is -1.29. The molecule has 0 spiro atoms. The minimum absolute atomic E-state index is 0.104. The van der Waals surface area contributed by atoms with Gasteiger partial charge in [0.25, 0.3) is 0 Å². The van der Waals surface area contributed by atoms with Gasteiger partial charge in [0.05, 0.1) is 12.8 Å². The van der Waals surface area contributed by atoms with E-state index in [2.05, 4.69) is 9.50 Å². The fourth-order valence-corrected chi connectivity index (χ4v) is 0.739. The Labute approximate surface area is 59.5 Å². The molecule has 0 amide bonds. The van der Waals surface area contributed by atoms with Gasteiger partial charge in [-0.1, -0.05) is 0 Å². The van der Waals surface area contributed by atoms with Gasteiger partial charge in [-0.05, 0) is 7.05 Å². The first kappa shape index (κ1) is 9.38. The summed E-state index contributed by atoms with van der Waals surface area (Å²) in [4.78, 5) is 10.4. The van der Waals surface area contributed by atoms with Crippen LogP contribution < -0.4 is 5.32 Å². The van der Waals surface area contributed by atoms with Gasteiger partial charge < -0.3 is 9.50 Å². The molecule has 1 N–H and O–H groups in total. The highest BCUT2D eigenvalue weighted by Crippen LogP contribution is 1.85. The van der Waals surface area contributed by atoms with Gasteiger partial charge in [0.15, 0.2) is 0 Å². The van der Waals surface area contributed by atoms with Crippen molar-refractivity contribution in [2.45, 2.75) is 0 Å². The zero-order valence-electron chi connectivity index (χ0n) is 5.75. The largest absolute Gasteiger partial charge is 0.344 e. The molecule has 0 aromatic carbocycles. The molecule has 0 atom stereocenters. The van der Waals surface area contributed by atoms with Crippen LogP contribution in [-0.2, 0) is 19.1 Å². The molecule has 0 aromatic heterocycles. The van der Waals surface area contributed by atoms with Crippen LogP contribution in [0, 0.1) is 0 Å². The van der Waals surface area contributed by atoms with E-state index in [9.17, 15) is 13.2 Å². The summed E-state index contributed by atoms with van der Waals surface area (Å²) in [7, 11) is -2.12. The molecule has 0 fully saturated rings. The van der Waals surface area contributed by atoms with Crippen molar-refractivity contribution in [1.29, 1.82) is 0 Å². The Balaban J connectivity index is 3.82. The lowest BCUT2D eigenvalue weighted by atomic mass is 10.7. The summed E-state index contributed by atoms with van der Waals surface area (Å²) in [5.41, 5.74) is 0. The smallest absolute Gasteiger partial charge is 0.335 e. The van der Waals surface area contributed by atoms with E-state index in [1.54, 1.807) is 0 Å². The molecule has 5 nitrogen and oxygen atoms in total. The molecule has 0 saturated carbocycles. The Morgan fingerprint density at radius 1 is 1.60 bits per heavy atom. The highest BCUT2D eigenvalue weighted by Gasteiger charge is 2.08. The average molecular weight is 167 g/mol. The van der Waals surface area contributed by atoms with E-state index in [1.165, 1.54) is 7.05 Å². The van der Waals surface area contributed by atoms with E-state index in [0.717, 1.165) is 6.26 Å². The van der Waals surface area contributed by atoms with E-state index in [4.69, 9.17) is 0 Å². The maximum atomic E-state index is 10.4. The number of rotatable bonds is 3. The quantitative estimate of drug-likeness (QED) is 0.529. The fraction of sp³-hybridized carbons (Fsp3) is 0.750. The van der Waals surface area contributed by atoms with Crippen LogP contribution in [0.15, 0.2) is 0 Å². The first-order valence-corrected chi connectivity index (χ1v) is 4.34. The van der Waals surface area contributed by atoms with Crippen LogP contribution in [0.25, 0.3) is 0 Å². The van der Waals surface area contributed by atoms with Crippen molar-refractivity contribution in [3.63, 3.8) is 0 Å². The number of hydrogen-bond acceptors (Lipinski definition) is 5. The van der Waals surface area contributed by atoms with E-state index in [-0.39, 0.29) is 6.54 Å². The number of likely N-dealkylation sites (N-methyl/N-ethyl adjacent to an activating group) is 1. The number of hydrogen-bond donors (Lipinski definition) is 1. The summed E-state index contributed by atoms with van der Waals surface area (Å²) in [6.45, 7) is -0.104. The van der Waals surface area contributed by atoms with E-state index in [1.807, 2.05) is 0 Å². The van der Waals surface area contributed by atoms with E-state index in [0.29, 0.717) is 0 Å². The molecule has 0 heterocycles. The van der Waals surface area contributed by atoms with Gasteiger partial charge in [-0.3, -0.25) is 0 Å². The van der Waals surface area contributed by atoms with Crippen LogP contribution in [-0.4, -0.2) is 34.2 Å². The van der Waals surface area contributed by atoms with Gasteiger partial charge in [0.2, 0.25) is 0 Å². The van der Waals surface area contributed by atoms with Crippen LogP contribution in [0.3, 0.4) is 0 Å². The third kappa shape index (κ3) is 5.52. The molecule has 0 bridgehead atoms. The molecule has 0 aliphatic carbocycles. The topological polar surface area (TPSA) is 72.5 Å². The third-order valence-corrected chi connectivity index (χ3v) is 1.05. The number of nitrogens with one attached hydrogen (secondary N) is 1. The molecule has 0 radical (unpaired) electrons. The molecule has 6 heteroatoms. The summed E-state index contributed by atoms with van der Waals surface area (Å²) in [5.74, 6) is -0.801. The van der Waals surface area contributed by atoms with Gasteiger partial charge in [-0.25, -0.2) is 4.79 Å². The highest BCUT2D eigenvalue weighted by molar-refractivity contribution is 7.86. The van der Waals surface area contributed by atoms with Gasteiger partial charge >= 0.3 is 16.1 Å². The maximum absolute atomic E-state index is 10.4. The second kappa shape index (κ2) is 3.52. The average Bonchev–Trinajstić information content (AvgIpc) is 1.59. The lowest BCUT2D eigenvalue weighted by molar-refractivity contribution is -0.132. The van der Waals surface area contributed by atoms with E-state index >= 15 is 0 Å². The molecule has 0 aliphatic heterocycles. The second-order valence-corrected chi connectivity index (χ2v) is 3.26. The first-order valence-electron chi connectivity index (χ1n) is 2.52. The Bertz CT molecular complexity index is 207. The Kier molecular flexibility index (Phi) is 3.31. The standard InChI is InChI=1S/C4H9NO4S/c1-5-3-4(6)9-10(2,7)8/h5H,3H2,1-2H3. The molecule has 60 valence electrons. The van der Waals surface area contributed by atoms with Crippen molar-refractivity contribution in [1.82, 2.24) is 5.32 Å². The summed E-state index contributed by atoms with van der Waals surface area (Å²) in [6, 6.07) is 0. The molecular formula is C4H9NO4S. The second-order valence-electron chi connectivity index (χ2n) is 1.69. The molecule has 0 aromatic rings. The number of carbonyl (C=O) groups excluding carboxylic acids is 1. The predicted molar refractivity (Wildman–Crippen MR) is 34.9 cm³/mol. The molecule has 0 saturated heterocycles. The van der Waals surface area contributed by atoms with Crippen molar-refractivity contribution in [3.8, 4) is 0 Å². The Morgan fingerprint density at radius 3 is 2.40 bits per heavy atom. The fourth-order valence-electron chi connectivity index (χ4n) is 0.343. The van der Waals surface area contributed by atoms with Crippen LogP contribution in [0.4, 0.5) is 0 Å². The zero-order valence-corrected chi connectivity index (χ0v) is 6.56. The Hall–Kier alpha value is -0.620.